The number of benzene rings is 2. The summed E-state index contributed by atoms with van der Waals surface area (Å²) >= 11 is 6.25. The van der Waals surface area contributed by atoms with Crippen molar-refractivity contribution in [1.82, 2.24) is 14.4 Å². The number of nitrogens with one attached hydrogen (secondary N) is 1. The number of aromatic nitrogens is 2. The fraction of sp³-hybridized carbons (Fsp3) is 0.286. The van der Waals surface area contributed by atoms with E-state index in [-0.39, 0.29) is 28.2 Å². The summed E-state index contributed by atoms with van der Waals surface area (Å²) < 4.78 is 33.0. The first-order valence-electron chi connectivity index (χ1n) is 9.81. The third kappa shape index (κ3) is 4.63. The fourth-order valence-electron chi connectivity index (χ4n) is 3.54. The Kier molecular flexibility index (Phi) is 6.08. The molecule has 162 valence electrons. The zero-order valence-corrected chi connectivity index (χ0v) is 18.4. The first kappa shape index (κ1) is 21.5. The number of carbonyl (C=O) groups is 1. The van der Waals surface area contributed by atoms with Gasteiger partial charge in [-0.25, -0.2) is 8.42 Å². The number of anilines is 1. The molecule has 1 aliphatic rings. The number of sulfonamides is 1. The van der Waals surface area contributed by atoms with Gasteiger partial charge in [0.2, 0.25) is 27.6 Å². The van der Waals surface area contributed by atoms with Crippen LogP contribution in [0.5, 0.6) is 0 Å². The predicted molar refractivity (Wildman–Crippen MR) is 116 cm³/mol. The molecule has 2 heterocycles. The van der Waals surface area contributed by atoms with E-state index in [0.29, 0.717) is 36.5 Å². The van der Waals surface area contributed by atoms with Gasteiger partial charge in [0.15, 0.2) is 0 Å². The number of aryl methyl sites for hydroxylation is 1. The second-order valence-corrected chi connectivity index (χ2v) is 9.65. The maximum absolute atomic E-state index is 13.4. The average molecular weight is 461 g/mol. The first-order chi connectivity index (χ1) is 14.8. The summed E-state index contributed by atoms with van der Waals surface area (Å²) in [5.41, 5.74) is 1.16. The van der Waals surface area contributed by atoms with Gasteiger partial charge in [-0.3, -0.25) is 4.79 Å². The lowest BCUT2D eigenvalue weighted by molar-refractivity contribution is -0.120. The predicted octanol–water partition coefficient (Wildman–Crippen LogP) is 3.74. The zero-order chi connectivity index (χ0) is 22.0. The van der Waals surface area contributed by atoms with Gasteiger partial charge in [-0.1, -0.05) is 35.0 Å². The molecule has 1 N–H and O–H groups in total. The summed E-state index contributed by atoms with van der Waals surface area (Å²) in [5, 5.41) is 6.79. The van der Waals surface area contributed by atoms with Crippen molar-refractivity contribution in [3.05, 3.63) is 59.4 Å². The lowest BCUT2D eigenvalue weighted by Crippen LogP contribution is -2.43. The molecule has 10 heteroatoms. The third-order valence-electron chi connectivity index (χ3n) is 5.13. The Morgan fingerprint density at radius 2 is 2.00 bits per heavy atom. The standard InChI is InChI=1S/C21H21ClN4O4S/c1-14-23-20(25-30-14)15-9-10-18(22)19(12-15)31(28,29)26-11-5-6-16(13-26)21(27)24-17-7-3-2-4-8-17/h2-4,7-10,12,16H,5-6,11,13H2,1H3,(H,24,27)/t16-/m1/s1. The van der Waals surface area contributed by atoms with Gasteiger partial charge in [0.05, 0.1) is 10.9 Å². The summed E-state index contributed by atoms with van der Waals surface area (Å²) in [6.45, 7) is 2.06. The number of para-hydroxylation sites is 1. The number of piperidine rings is 1. The van der Waals surface area contributed by atoms with E-state index in [4.69, 9.17) is 16.1 Å². The molecule has 0 aliphatic carbocycles. The van der Waals surface area contributed by atoms with Crippen molar-refractivity contribution < 1.29 is 17.7 Å². The number of nitrogens with zero attached hydrogens (tertiary/aromatic N) is 3. The first-order valence-corrected chi connectivity index (χ1v) is 11.6. The Hall–Kier alpha value is -2.75. The van der Waals surface area contributed by atoms with E-state index in [1.807, 2.05) is 18.2 Å². The Morgan fingerprint density at radius 3 is 2.71 bits per heavy atom. The molecule has 3 aromatic rings. The summed E-state index contributed by atoms with van der Waals surface area (Å²) in [7, 11) is -3.92. The van der Waals surface area contributed by atoms with Crippen LogP contribution < -0.4 is 5.32 Å². The summed E-state index contributed by atoms with van der Waals surface area (Å²) in [5.74, 6) is 0.000741. The highest BCUT2D eigenvalue weighted by atomic mass is 35.5. The minimum atomic E-state index is -3.92. The lowest BCUT2D eigenvalue weighted by Gasteiger charge is -2.31. The van der Waals surface area contributed by atoms with Crippen molar-refractivity contribution in [2.75, 3.05) is 18.4 Å². The van der Waals surface area contributed by atoms with Crippen LogP contribution in [0.2, 0.25) is 5.02 Å². The SMILES string of the molecule is Cc1nc(-c2ccc(Cl)c(S(=O)(=O)N3CCC[C@@H](C(=O)Nc4ccccc4)C3)c2)no1. The van der Waals surface area contributed by atoms with E-state index in [1.165, 1.54) is 16.4 Å². The van der Waals surface area contributed by atoms with Crippen LogP contribution in [0, 0.1) is 12.8 Å². The Morgan fingerprint density at radius 1 is 1.23 bits per heavy atom. The third-order valence-corrected chi connectivity index (χ3v) is 7.48. The van der Waals surface area contributed by atoms with Gasteiger partial charge in [0, 0.05) is 31.3 Å². The van der Waals surface area contributed by atoms with Crippen LogP contribution in [0.4, 0.5) is 5.69 Å². The highest BCUT2D eigenvalue weighted by molar-refractivity contribution is 7.89. The van der Waals surface area contributed by atoms with Crippen LogP contribution in [-0.4, -0.2) is 41.9 Å². The number of hydrogen-bond donors (Lipinski definition) is 1. The molecule has 1 saturated heterocycles. The van der Waals surface area contributed by atoms with Crippen molar-refractivity contribution in [2.45, 2.75) is 24.7 Å². The molecule has 0 spiro atoms. The highest BCUT2D eigenvalue weighted by Gasteiger charge is 2.34. The molecular formula is C21H21ClN4O4S. The summed E-state index contributed by atoms with van der Waals surface area (Å²) in [6, 6.07) is 13.7. The molecule has 8 nitrogen and oxygen atoms in total. The maximum Gasteiger partial charge on any atom is 0.244 e. The second-order valence-electron chi connectivity index (χ2n) is 7.34. The molecule has 0 bridgehead atoms. The Balaban J connectivity index is 1.56. The molecule has 1 fully saturated rings. The largest absolute Gasteiger partial charge is 0.339 e. The van der Waals surface area contributed by atoms with Crippen LogP contribution in [0.15, 0.2) is 57.9 Å². The quantitative estimate of drug-likeness (QED) is 0.621. The molecule has 0 unspecified atom stereocenters. The Bertz CT molecular complexity index is 1200. The number of rotatable bonds is 5. The van der Waals surface area contributed by atoms with Crippen molar-refractivity contribution in [1.29, 1.82) is 0 Å². The van der Waals surface area contributed by atoms with E-state index in [0.717, 1.165) is 0 Å². The van der Waals surface area contributed by atoms with Gasteiger partial charge < -0.3 is 9.84 Å². The monoisotopic (exact) mass is 460 g/mol. The van der Waals surface area contributed by atoms with Gasteiger partial charge in [-0.2, -0.15) is 9.29 Å². The zero-order valence-electron chi connectivity index (χ0n) is 16.8. The van der Waals surface area contributed by atoms with E-state index in [2.05, 4.69) is 15.5 Å². The molecule has 1 aliphatic heterocycles. The topological polar surface area (TPSA) is 105 Å². The minimum absolute atomic E-state index is 0.0433. The van der Waals surface area contributed by atoms with Gasteiger partial charge >= 0.3 is 0 Å². The molecule has 31 heavy (non-hydrogen) atoms. The van der Waals surface area contributed by atoms with Gasteiger partial charge in [-0.05, 0) is 43.2 Å². The number of hydrogen-bond acceptors (Lipinski definition) is 6. The van der Waals surface area contributed by atoms with E-state index in [9.17, 15) is 13.2 Å². The van der Waals surface area contributed by atoms with Crippen LogP contribution >= 0.6 is 11.6 Å². The molecule has 0 saturated carbocycles. The molecule has 2 aromatic carbocycles. The normalized spacial score (nSPS) is 17.4. The maximum atomic E-state index is 13.4. The van der Waals surface area contributed by atoms with Crippen LogP contribution in [0.1, 0.15) is 18.7 Å². The lowest BCUT2D eigenvalue weighted by atomic mass is 9.99. The number of amides is 1. The van der Waals surface area contributed by atoms with Gasteiger partial charge in [-0.15, -0.1) is 0 Å². The summed E-state index contributed by atoms with van der Waals surface area (Å²) in [4.78, 5) is 16.8. The number of halogens is 1. The van der Waals surface area contributed by atoms with Crippen molar-refractivity contribution >= 4 is 33.2 Å². The second kappa shape index (κ2) is 8.78. The van der Waals surface area contributed by atoms with Crippen LogP contribution in [-0.2, 0) is 14.8 Å². The molecule has 4 rings (SSSR count). The van der Waals surface area contributed by atoms with Gasteiger partial charge in [0.1, 0.15) is 4.90 Å². The Labute approximate surface area is 185 Å². The van der Waals surface area contributed by atoms with Gasteiger partial charge in [0.25, 0.3) is 0 Å². The smallest absolute Gasteiger partial charge is 0.244 e. The van der Waals surface area contributed by atoms with E-state index in [1.54, 1.807) is 25.1 Å². The van der Waals surface area contributed by atoms with E-state index < -0.39 is 15.9 Å². The molecule has 0 radical (unpaired) electrons. The molecular weight excluding hydrogens is 440 g/mol. The van der Waals surface area contributed by atoms with Crippen LogP contribution in [0.3, 0.4) is 0 Å². The van der Waals surface area contributed by atoms with Crippen molar-refractivity contribution in [3.63, 3.8) is 0 Å². The average Bonchev–Trinajstić information content (AvgIpc) is 3.21. The van der Waals surface area contributed by atoms with E-state index >= 15 is 0 Å². The fourth-order valence-corrected chi connectivity index (χ4v) is 5.56. The number of carbonyl (C=O) groups excluding carboxylic acids is 1. The molecule has 1 atom stereocenters. The summed E-state index contributed by atoms with van der Waals surface area (Å²) in [6.07, 6.45) is 1.19. The molecule has 1 amide bonds. The highest BCUT2D eigenvalue weighted by Crippen LogP contribution is 2.31. The van der Waals surface area contributed by atoms with Crippen molar-refractivity contribution in [3.8, 4) is 11.4 Å². The molecule has 1 aromatic heterocycles. The van der Waals surface area contributed by atoms with Crippen molar-refractivity contribution in [2.24, 2.45) is 5.92 Å². The van der Waals surface area contributed by atoms with Crippen LogP contribution in [0.25, 0.3) is 11.4 Å². The minimum Gasteiger partial charge on any atom is -0.339 e.